The fourth-order valence-electron chi connectivity index (χ4n) is 2.95. The first-order valence-electron chi connectivity index (χ1n) is 8.61. The lowest BCUT2D eigenvalue weighted by atomic mass is 10.0. The molecular weight excluding hydrogens is 395 g/mol. The summed E-state index contributed by atoms with van der Waals surface area (Å²) >= 11 is 7.19. The van der Waals surface area contributed by atoms with Crippen LogP contribution in [0.25, 0.3) is 16.8 Å². The molecule has 2 aromatic carbocycles. The number of halogens is 2. The van der Waals surface area contributed by atoms with E-state index in [1.165, 1.54) is 35.1 Å². The van der Waals surface area contributed by atoms with Crippen molar-refractivity contribution in [3.05, 3.63) is 93.7 Å². The van der Waals surface area contributed by atoms with Gasteiger partial charge in [-0.2, -0.15) is 0 Å². The van der Waals surface area contributed by atoms with Crippen molar-refractivity contribution < 1.29 is 9.18 Å². The average Bonchev–Trinajstić information content (AvgIpc) is 3.34. The summed E-state index contributed by atoms with van der Waals surface area (Å²) in [5, 5.41) is 4.76. The Kier molecular flexibility index (Phi) is 5.03. The molecule has 0 saturated heterocycles. The van der Waals surface area contributed by atoms with Gasteiger partial charge in [-0.15, -0.1) is 11.3 Å². The molecule has 0 aliphatic rings. The van der Waals surface area contributed by atoms with Crippen LogP contribution < -0.4 is 5.32 Å². The van der Waals surface area contributed by atoms with Crippen LogP contribution >= 0.6 is 22.9 Å². The molecule has 0 aliphatic heterocycles. The molecule has 28 heavy (non-hydrogen) atoms. The van der Waals surface area contributed by atoms with Crippen molar-refractivity contribution in [3.63, 3.8) is 0 Å². The van der Waals surface area contributed by atoms with Gasteiger partial charge in [-0.25, -0.2) is 4.39 Å². The van der Waals surface area contributed by atoms with Crippen molar-refractivity contribution in [3.8, 4) is 16.8 Å². The van der Waals surface area contributed by atoms with Crippen molar-refractivity contribution >= 4 is 34.5 Å². The van der Waals surface area contributed by atoms with Crippen LogP contribution in [0.5, 0.6) is 0 Å². The van der Waals surface area contributed by atoms with Gasteiger partial charge in [0.15, 0.2) is 0 Å². The standard InChI is InChI=1S/C22H16ClFN2OS/c1-14-4-6-15(7-5-14)17-13-28-21(20(17)26-10-2-3-11-26)22(27)25-16-8-9-19(24)18(23)12-16/h2-13H,1H3,(H,25,27). The molecule has 3 nitrogen and oxygen atoms in total. The normalized spacial score (nSPS) is 10.8. The molecule has 0 bridgehead atoms. The van der Waals surface area contributed by atoms with Crippen molar-refractivity contribution in [2.75, 3.05) is 5.32 Å². The molecule has 0 fully saturated rings. The number of anilines is 1. The fourth-order valence-corrected chi connectivity index (χ4v) is 4.10. The molecule has 140 valence electrons. The lowest BCUT2D eigenvalue weighted by Gasteiger charge is -2.11. The van der Waals surface area contributed by atoms with Gasteiger partial charge in [0.1, 0.15) is 10.7 Å². The topological polar surface area (TPSA) is 34.0 Å². The third-order valence-corrected chi connectivity index (χ3v) is 5.63. The number of hydrogen-bond donors (Lipinski definition) is 1. The summed E-state index contributed by atoms with van der Waals surface area (Å²) in [5.74, 6) is -0.791. The molecule has 2 aromatic heterocycles. The first kappa shape index (κ1) is 18.5. The number of benzene rings is 2. The summed E-state index contributed by atoms with van der Waals surface area (Å²) in [7, 11) is 0. The minimum absolute atomic E-state index is 0.0324. The molecule has 1 N–H and O–H groups in total. The molecule has 0 unspecified atom stereocenters. The third-order valence-electron chi connectivity index (χ3n) is 4.37. The van der Waals surface area contributed by atoms with E-state index < -0.39 is 5.82 Å². The van der Waals surface area contributed by atoms with E-state index in [4.69, 9.17) is 11.6 Å². The number of carbonyl (C=O) groups excluding carboxylic acids is 1. The molecular formula is C22H16ClFN2OS. The van der Waals surface area contributed by atoms with Gasteiger partial charge < -0.3 is 9.88 Å². The highest BCUT2D eigenvalue weighted by Gasteiger charge is 2.20. The number of thiophene rings is 1. The second-order valence-electron chi connectivity index (χ2n) is 6.37. The number of nitrogens with zero attached hydrogens (tertiary/aromatic N) is 1. The van der Waals surface area contributed by atoms with Gasteiger partial charge in [0, 0.05) is 29.0 Å². The summed E-state index contributed by atoms with van der Waals surface area (Å²) in [6.07, 6.45) is 3.82. The van der Waals surface area contributed by atoms with Gasteiger partial charge in [0.25, 0.3) is 5.91 Å². The SMILES string of the molecule is Cc1ccc(-c2csc(C(=O)Nc3ccc(F)c(Cl)c3)c2-n2cccc2)cc1. The molecule has 0 saturated carbocycles. The Morgan fingerprint density at radius 3 is 2.50 bits per heavy atom. The number of nitrogens with one attached hydrogen (secondary N) is 1. The molecule has 0 atom stereocenters. The maximum absolute atomic E-state index is 13.4. The lowest BCUT2D eigenvalue weighted by Crippen LogP contribution is -2.13. The zero-order valence-corrected chi connectivity index (χ0v) is 16.5. The molecule has 4 rings (SSSR count). The molecule has 0 aliphatic carbocycles. The quantitative estimate of drug-likeness (QED) is 0.406. The summed E-state index contributed by atoms with van der Waals surface area (Å²) in [6.45, 7) is 2.04. The maximum Gasteiger partial charge on any atom is 0.267 e. The summed E-state index contributed by atoms with van der Waals surface area (Å²) in [4.78, 5) is 13.5. The number of aryl methyl sites for hydroxylation is 1. The van der Waals surface area contributed by atoms with Crippen molar-refractivity contribution in [1.82, 2.24) is 4.57 Å². The van der Waals surface area contributed by atoms with Crippen molar-refractivity contribution in [1.29, 1.82) is 0 Å². The summed E-state index contributed by atoms with van der Waals surface area (Å²) in [6, 6.07) is 16.1. The van der Waals surface area contributed by atoms with Gasteiger partial charge in [0.05, 0.1) is 10.7 Å². The van der Waals surface area contributed by atoms with E-state index in [0.29, 0.717) is 10.6 Å². The Hall–Kier alpha value is -2.89. The van der Waals surface area contributed by atoms with Crippen LogP contribution in [-0.4, -0.2) is 10.5 Å². The molecule has 0 spiro atoms. The Labute approximate surface area is 171 Å². The Bertz CT molecular complexity index is 1130. The van der Waals surface area contributed by atoms with Crippen LogP contribution in [0.15, 0.2) is 72.4 Å². The second-order valence-corrected chi connectivity index (χ2v) is 7.65. The maximum atomic E-state index is 13.4. The Morgan fingerprint density at radius 1 is 1.11 bits per heavy atom. The summed E-state index contributed by atoms with van der Waals surface area (Å²) in [5.41, 5.74) is 4.44. The number of carbonyl (C=O) groups is 1. The first-order valence-corrected chi connectivity index (χ1v) is 9.87. The largest absolute Gasteiger partial charge is 0.322 e. The van der Waals surface area contributed by atoms with Gasteiger partial charge >= 0.3 is 0 Å². The van der Waals surface area contributed by atoms with E-state index in [1.54, 1.807) is 0 Å². The van der Waals surface area contributed by atoms with E-state index in [2.05, 4.69) is 5.32 Å². The number of hydrogen-bond acceptors (Lipinski definition) is 2. The van der Waals surface area contributed by atoms with Gasteiger partial charge in [-0.1, -0.05) is 41.4 Å². The fraction of sp³-hybridized carbons (Fsp3) is 0.0455. The van der Waals surface area contributed by atoms with Crippen molar-refractivity contribution in [2.24, 2.45) is 0 Å². The van der Waals surface area contributed by atoms with E-state index in [1.807, 2.05) is 65.7 Å². The Morgan fingerprint density at radius 2 is 1.82 bits per heavy atom. The second kappa shape index (κ2) is 7.62. The highest BCUT2D eigenvalue weighted by molar-refractivity contribution is 7.13. The first-order chi connectivity index (χ1) is 13.5. The lowest BCUT2D eigenvalue weighted by molar-refractivity contribution is 0.103. The highest BCUT2D eigenvalue weighted by Crippen LogP contribution is 2.35. The number of amides is 1. The van der Waals surface area contributed by atoms with Crippen LogP contribution in [0.2, 0.25) is 5.02 Å². The minimum atomic E-state index is -0.523. The van der Waals surface area contributed by atoms with Gasteiger partial charge in [0.2, 0.25) is 0 Å². The predicted octanol–water partition coefficient (Wildman–Crippen LogP) is 6.56. The van der Waals surface area contributed by atoms with E-state index in [9.17, 15) is 9.18 Å². The zero-order valence-electron chi connectivity index (χ0n) is 14.9. The highest BCUT2D eigenvalue weighted by atomic mass is 35.5. The number of aromatic nitrogens is 1. The van der Waals surface area contributed by atoms with Crippen LogP contribution in [0.4, 0.5) is 10.1 Å². The Balaban J connectivity index is 1.75. The zero-order chi connectivity index (χ0) is 19.7. The van der Waals surface area contributed by atoms with Crippen LogP contribution in [0.3, 0.4) is 0 Å². The number of rotatable bonds is 4. The van der Waals surface area contributed by atoms with Crippen molar-refractivity contribution in [2.45, 2.75) is 6.92 Å². The van der Waals surface area contributed by atoms with Crippen LogP contribution in [-0.2, 0) is 0 Å². The average molecular weight is 411 g/mol. The van der Waals surface area contributed by atoms with E-state index in [-0.39, 0.29) is 10.9 Å². The third kappa shape index (κ3) is 3.59. The smallest absolute Gasteiger partial charge is 0.267 e. The van der Waals surface area contributed by atoms with Crippen LogP contribution in [0.1, 0.15) is 15.2 Å². The predicted molar refractivity (Wildman–Crippen MR) is 113 cm³/mol. The molecule has 6 heteroatoms. The van der Waals surface area contributed by atoms with E-state index >= 15 is 0 Å². The van der Waals surface area contributed by atoms with Gasteiger partial charge in [-0.05, 0) is 42.8 Å². The molecule has 2 heterocycles. The van der Waals surface area contributed by atoms with E-state index in [0.717, 1.165) is 16.8 Å². The molecule has 1 amide bonds. The monoisotopic (exact) mass is 410 g/mol. The molecule has 4 aromatic rings. The summed E-state index contributed by atoms with van der Waals surface area (Å²) < 4.78 is 15.3. The molecule has 0 radical (unpaired) electrons. The minimum Gasteiger partial charge on any atom is -0.322 e. The van der Waals surface area contributed by atoms with Crippen LogP contribution in [0, 0.1) is 12.7 Å². The van der Waals surface area contributed by atoms with Gasteiger partial charge in [-0.3, -0.25) is 4.79 Å².